The summed E-state index contributed by atoms with van der Waals surface area (Å²) in [5.41, 5.74) is 0.242. The van der Waals surface area contributed by atoms with E-state index in [1.807, 2.05) is 0 Å². The maximum absolute atomic E-state index is 12.9. The molecule has 1 heterocycles. The molecule has 2 aromatic rings. The number of anilines is 1. The van der Waals surface area contributed by atoms with E-state index in [1.54, 1.807) is 12.1 Å². The first-order chi connectivity index (χ1) is 14.3. The summed E-state index contributed by atoms with van der Waals surface area (Å²) < 4.78 is 38.0. The highest BCUT2D eigenvalue weighted by molar-refractivity contribution is 7.89. The zero-order valence-corrected chi connectivity index (χ0v) is 18.7. The first-order valence-electron chi connectivity index (χ1n) is 9.37. The van der Waals surface area contributed by atoms with Crippen LogP contribution >= 0.6 is 23.2 Å². The lowest BCUT2D eigenvalue weighted by Crippen LogP contribution is -2.35. The molecule has 1 fully saturated rings. The minimum Gasteiger partial charge on any atom is -0.495 e. The number of ether oxygens (including phenoxy) is 2. The van der Waals surface area contributed by atoms with Crippen molar-refractivity contribution in [3.63, 3.8) is 0 Å². The molecule has 0 aromatic heterocycles. The summed E-state index contributed by atoms with van der Waals surface area (Å²) in [4.78, 5) is 12.5. The summed E-state index contributed by atoms with van der Waals surface area (Å²) in [7, 11) is -2.21. The maximum atomic E-state index is 12.9. The monoisotopic (exact) mass is 472 g/mol. The SMILES string of the molecule is COc1ccc(S(=O)(=O)N2CCCCC2)cc1NC(=O)COc1ccc(Cl)cc1Cl. The van der Waals surface area contributed by atoms with Gasteiger partial charge in [0.2, 0.25) is 10.0 Å². The zero-order valence-electron chi connectivity index (χ0n) is 16.4. The van der Waals surface area contributed by atoms with Crippen LogP contribution in [0.4, 0.5) is 5.69 Å². The van der Waals surface area contributed by atoms with Gasteiger partial charge in [-0.15, -0.1) is 0 Å². The normalized spacial score (nSPS) is 14.9. The van der Waals surface area contributed by atoms with Gasteiger partial charge in [-0.1, -0.05) is 29.6 Å². The molecule has 1 amide bonds. The molecule has 0 radical (unpaired) electrons. The van der Waals surface area contributed by atoms with Crippen molar-refractivity contribution in [1.82, 2.24) is 4.31 Å². The van der Waals surface area contributed by atoms with Crippen molar-refractivity contribution in [3.8, 4) is 11.5 Å². The molecule has 30 heavy (non-hydrogen) atoms. The van der Waals surface area contributed by atoms with Crippen LogP contribution in [0.5, 0.6) is 11.5 Å². The molecule has 0 spiro atoms. The zero-order chi connectivity index (χ0) is 21.7. The Morgan fingerprint density at radius 2 is 1.77 bits per heavy atom. The number of carbonyl (C=O) groups excluding carboxylic acids is 1. The van der Waals surface area contributed by atoms with Gasteiger partial charge in [0.05, 0.1) is 22.7 Å². The van der Waals surface area contributed by atoms with E-state index in [-0.39, 0.29) is 22.2 Å². The highest BCUT2D eigenvalue weighted by Crippen LogP contribution is 2.30. The molecule has 10 heteroatoms. The summed E-state index contributed by atoms with van der Waals surface area (Å²) >= 11 is 11.9. The molecule has 1 aliphatic rings. The minimum absolute atomic E-state index is 0.0992. The molecule has 0 unspecified atom stereocenters. The van der Waals surface area contributed by atoms with Crippen LogP contribution in [-0.4, -0.2) is 45.4 Å². The van der Waals surface area contributed by atoms with Gasteiger partial charge < -0.3 is 14.8 Å². The van der Waals surface area contributed by atoms with E-state index in [0.717, 1.165) is 19.3 Å². The van der Waals surface area contributed by atoms with E-state index in [2.05, 4.69) is 5.32 Å². The lowest BCUT2D eigenvalue weighted by atomic mass is 10.2. The van der Waals surface area contributed by atoms with Crippen molar-refractivity contribution >= 4 is 44.8 Å². The van der Waals surface area contributed by atoms with E-state index >= 15 is 0 Å². The molecule has 162 valence electrons. The molecule has 7 nitrogen and oxygen atoms in total. The second-order valence-electron chi connectivity index (χ2n) is 6.74. The fourth-order valence-corrected chi connectivity index (χ4v) is 5.13. The van der Waals surface area contributed by atoms with E-state index < -0.39 is 15.9 Å². The molecule has 2 aromatic carbocycles. The fraction of sp³-hybridized carbons (Fsp3) is 0.350. The Kier molecular flexibility index (Phi) is 7.46. The average molecular weight is 473 g/mol. The van der Waals surface area contributed by atoms with Gasteiger partial charge in [0.15, 0.2) is 6.61 Å². The van der Waals surface area contributed by atoms with Crippen LogP contribution in [-0.2, 0) is 14.8 Å². The highest BCUT2D eigenvalue weighted by Gasteiger charge is 2.27. The van der Waals surface area contributed by atoms with Crippen LogP contribution in [0.15, 0.2) is 41.3 Å². The Labute approximate surface area is 185 Å². The number of hydrogen-bond donors (Lipinski definition) is 1. The molecule has 3 rings (SSSR count). The summed E-state index contributed by atoms with van der Waals surface area (Å²) in [6, 6.07) is 9.05. The summed E-state index contributed by atoms with van der Waals surface area (Å²) in [5.74, 6) is 0.155. The third-order valence-corrected chi connectivity index (χ3v) is 7.08. The van der Waals surface area contributed by atoms with E-state index in [0.29, 0.717) is 29.6 Å². The van der Waals surface area contributed by atoms with Crippen LogP contribution in [0.3, 0.4) is 0 Å². The molecule has 1 N–H and O–H groups in total. The van der Waals surface area contributed by atoms with Crippen LogP contribution in [0.1, 0.15) is 19.3 Å². The second kappa shape index (κ2) is 9.87. The smallest absolute Gasteiger partial charge is 0.262 e. The van der Waals surface area contributed by atoms with E-state index in [4.69, 9.17) is 32.7 Å². The molecule has 0 aliphatic carbocycles. The van der Waals surface area contributed by atoms with Gasteiger partial charge in [-0.3, -0.25) is 4.79 Å². The largest absolute Gasteiger partial charge is 0.495 e. The van der Waals surface area contributed by atoms with Crippen LogP contribution in [0.25, 0.3) is 0 Å². The number of sulfonamides is 1. The molecule has 1 saturated heterocycles. The molecule has 0 saturated carbocycles. The predicted octanol–water partition coefficient (Wildman–Crippen LogP) is 4.19. The quantitative estimate of drug-likeness (QED) is 0.652. The lowest BCUT2D eigenvalue weighted by molar-refractivity contribution is -0.118. The Morgan fingerprint density at radius 3 is 2.43 bits per heavy atom. The molecular weight excluding hydrogens is 451 g/mol. The Hall–Kier alpha value is -2.00. The van der Waals surface area contributed by atoms with Crippen LogP contribution < -0.4 is 14.8 Å². The third kappa shape index (κ3) is 5.37. The number of piperidine rings is 1. The molecule has 0 atom stereocenters. The van der Waals surface area contributed by atoms with Crippen molar-refractivity contribution in [2.45, 2.75) is 24.2 Å². The van der Waals surface area contributed by atoms with E-state index in [9.17, 15) is 13.2 Å². The standard InChI is InChI=1S/C20H22Cl2N2O5S/c1-28-19-8-6-15(30(26,27)24-9-3-2-4-10-24)12-17(19)23-20(25)13-29-18-7-5-14(21)11-16(18)22/h5-8,11-12H,2-4,9-10,13H2,1H3,(H,23,25). The lowest BCUT2D eigenvalue weighted by Gasteiger charge is -2.26. The average Bonchev–Trinajstić information content (AvgIpc) is 2.73. The van der Waals surface area contributed by atoms with Crippen LogP contribution in [0.2, 0.25) is 10.0 Å². The number of benzene rings is 2. The molecule has 1 aliphatic heterocycles. The van der Waals surface area contributed by atoms with Gasteiger partial charge >= 0.3 is 0 Å². The van der Waals surface area contributed by atoms with Gasteiger partial charge in [-0.25, -0.2) is 8.42 Å². The fourth-order valence-electron chi connectivity index (χ4n) is 3.12. The van der Waals surface area contributed by atoms with Gasteiger partial charge in [0, 0.05) is 18.1 Å². The number of carbonyl (C=O) groups is 1. The second-order valence-corrected chi connectivity index (χ2v) is 9.52. The molecular formula is C20H22Cl2N2O5S. The number of rotatable bonds is 7. The number of halogens is 2. The van der Waals surface area contributed by atoms with Crippen molar-refractivity contribution in [1.29, 1.82) is 0 Å². The number of methoxy groups -OCH3 is 1. The Morgan fingerprint density at radius 1 is 1.07 bits per heavy atom. The first-order valence-corrected chi connectivity index (χ1v) is 11.6. The first kappa shape index (κ1) is 22.7. The summed E-state index contributed by atoms with van der Waals surface area (Å²) in [6.45, 7) is 0.658. The summed E-state index contributed by atoms with van der Waals surface area (Å²) in [6.07, 6.45) is 2.70. The van der Waals surface area contributed by atoms with Crippen molar-refractivity contribution in [3.05, 3.63) is 46.4 Å². The summed E-state index contributed by atoms with van der Waals surface area (Å²) in [5, 5.41) is 3.37. The van der Waals surface area contributed by atoms with Gasteiger partial charge in [0.25, 0.3) is 5.91 Å². The van der Waals surface area contributed by atoms with Crippen molar-refractivity contribution in [2.24, 2.45) is 0 Å². The number of hydrogen-bond acceptors (Lipinski definition) is 5. The van der Waals surface area contributed by atoms with Gasteiger partial charge in [-0.05, 0) is 49.2 Å². The molecule has 0 bridgehead atoms. The van der Waals surface area contributed by atoms with Crippen LogP contribution in [0, 0.1) is 0 Å². The topological polar surface area (TPSA) is 84.9 Å². The Bertz CT molecular complexity index is 1020. The minimum atomic E-state index is -3.65. The van der Waals surface area contributed by atoms with Gasteiger partial charge in [0.1, 0.15) is 11.5 Å². The van der Waals surface area contributed by atoms with Crippen molar-refractivity contribution < 1.29 is 22.7 Å². The van der Waals surface area contributed by atoms with Gasteiger partial charge in [-0.2, -0.15) is 4.31 Å². The maximum Gasteiger partial charge on any atom is 0.262 e. The van der Waals surface area contributed by atoms with Crippen molar-refractivity contribution in [2.75, 3.05) is 32.1 Å². The Balaban J connectivity index is 1.74. The number of amides is 1. The predicted molar refractivity (Wildman–Crippen MR) is 116 cm³/mol. The highest BCUT2D eigenvalue weighted by atomic mass is 35.5. The number of nitrogens with zero attached hydrogens (tertiary/aromatic N) is 1. The van der Waals surface area contributed by atoms with E-state index in [1.165, 1.54) is 35.7 Å². The number of nitrogens with one attached hydrogen (secondary N) is 1. The third-order valence-electron chi connectivity index (χ3n) is 4.65.